The van der Waals surface area contributed by atoms with Crippen LogP contribution in [0.3, 0.4) is 0 Å². The van der Waals surface area contributed by atoms with Crippen molar-refractivity contribution in [3.05, 3.63) is 57.7 Å². The topological polar surface area (TPSA) is 28.4 Å². The largest absolute Gasteiger partial charge is 0.467 e. The average molecular weight is 366 g/mol. The summed E-state index contributed by atoms with van der Waals surface area (Å²) in [6.45, 7) is 3.26. The molecule has 1 saturated heterocycles. The Morgan fingerprint density at radius 2 is 1.82 bits per heavy atom. The molecule has 1 fully saturated rings. The normalized spacial score (nSPS) is 17.0. The highest BCUT2D eigenvalue weighted by molar-refractivity contribution is 6.33. The molecule has 1 aliphatic heterocycles. The van der Waals surface area contributed by atoms with E-state index in [0.29, 0.717) is 16.3 Å². The van der Waals surface area contributed by atoms with Crippen LogP contribution in [-0.2, 0) is 0 Å². The number of furan rings is 1. The summed E-state index contributed by atoms with van der Waals surface area (Å²) in [5.74, 6) is 0.184. The van der Waals surface area contributed by atoms with Gasteiger partial charge in [-0.1, -0.05) is 23.2 Å². The standard InChI is InChI=1S/C15H15Cl2FN2O.ClH/c16-10-3-4-11(17)14(18)13(10)15(12-2-1-9-21-12)20-7-5-19-6-8-20;/h1-4,9,15,19H,5-8H2;1H/t15-;/m0./s1. The summed E-state index contributed by atoms with van der Waals surface area (Å²) in [5, 5.41) is 3.71. The van der Waals surface area contributed by atoms with Crippen molar-refractivity contribution >= 4 is 35.6 Å². The van der Waals surface area contributed by atoms with Crippen LogP contribution in [0, 0.1) is 5.82 Å². The summed E-state index contributed by atoms with van der Waals surface area (Å²) in [5.41, 5.74) is 0.376. The van der Waals surface area contributed by atoms with Gasteiger partial charge in [-0.15, -0.1) is 12.4 Å². The van der Waals surface area contributed by atoms with E-state index in [9.17, 15) is 4.39 Å². The van der Waals surface area contributed by atoms with E-state index in [1.54, 1.807) is 18.4 Å². The van der Waals surface area contributed by atoms with Crippen LogP contribution in [0.5, 0.6) is 0 Å². The molecule has 0 radical (unpaired) electrons. The summed E-state index contributed by atoms with van der Waals surface area (Å²) < 4.78 is 20.1. The molecular weight excluding hydrogens is 350 g/mol. The van der Waals surface area contributed by atoms with Crippen LogP contribution in [0.4, 0.5) is 4.39 Å². The predicted octanol–water partition coefficient (Wildman–Crippen LogP) is 4.14. The van der Waals surface area contributed by atoms with Crippen molar-refractivity contribution in [2.75, 3.05) is 26.2 Å². The third kappa shape index (κ3) is 3.42. The van der Waals surface area contributed by atoms with Crippen LogP contribution < -0.4 is 5.32 Å². The van der Waals surface area contributed by atoms with Gasteiger partial charge in [0.25, 0.3) is 0 Å². The zero-order valence-electron chi connectivity index (χ0n) is 11.7. The highest BCUT2D eigenvalue weighted by Crippen LogP contribution is 2.37. The molecule has 3 rings (SSSR count). The zero-order valence-corrected chi connectivity index (χ0v) is 14.0. The van der Waals surface area contributed by atoms with E-state index in [4.69, 9.17) is 27.6 Å². The number of piperazine rings is 1. The summed E-state index contributed by atoms with van der Waals surface area (Å²) in [7, 11) is 0. The van der Waals surface area contributed by atoms with Gasteiger partial charge in [-0.05, 0) is 24.3 Å². The Morgan fingerprint density at radius 1 is 1.14 bits per heavy atom. The maximum Gasteiger partial charge on any atom is 0.148 e. The van der Waals surface area contributed by atoms with Gasteiger partial charge in [0.15, 0.2) is 0 Å². The second-order valence-corrected chi connectivity index (χ2v) is 5.78. The van der Waals surface area contributed by atoms with E-state index < -0.39 is 5.82 Å². The van der Waals surface area contributed by atoms with Gasteiger partial charge in [0.05, 0.1) is 17.3 Å². The first-order valence-electron chi connectivity index (χ1n) is 6.80. The minimum atomic E-state index is -0.482. The first kappa shape index (κ1) is 17.6. The summed E-state index contributed by atoms with van der Waals surface area (Å²) in [6.07, 6.45) is 1.58. The second kappa shape index (κ2) is 7.66. The Morgan fingerprint density at radius 3 is 2.45 bits per heavy atom. The third-order valence-corrected chi connectivity index (χ3v) is 4.30. The number of nitrogens with zero attached hydrogens (tertiary/aromatic N) is 1. The fraction of sp³-hybridized carbons (Fsp3) is 0.333. The molecule has 120 valence electrons. The molecule has 1 aromatic carbocycles. The zero-order chi connectivity index (χ0) is 14.8. The molecule has 3 nitrogen and oxygen atoms in total. The smallest absolute Gasteiger partial charge is 0.148 e. The molecule has 1 aliphatic rings. The number of benzene rings is 1. The molecule has 2 aromatic rings. The third-order valence-electron chi connectivity index (χ3n) is 3.68. The number of rotatable bonds is 3. The lowest BCUT2D eigenvalue weighted by molar-refractivity contribution is 0.177. The molecule has 0 spiro atoms. The van der Waals surface area contributed by atoms with Gasteiger partial charge in [0, 0.05) is 36.8 Å². The summed E-state index contributed by atoms with van der Waals surface area (Å²) >= 11 is 12.2. The van der Waals surface area contributed by atoms with Gasteiger partial charge in [-0.2, -0.15) is 0 Å². The van der Waals surface area contributed by atoms with Crippen LogP contribution in [0.25, 0.3) is 0 Å². The molecule has 7 heteroatoms. The van der Waals surface area contributed by atoms with Crippen molar-refractivity contribution in [1.29, 1.82) is 0 Å². The number of hydrogen-bond acceptors (Lipinski definition) is 3. The molecule has 22 heavy (non-hydrogen) atoms. The maximum atomic E-state index is 14.6. The van der Waals surface area contributed by atoms with Crippen molar-refractivity contribution < 1.29 is 8.81 Å². The van der Waals surface area contributed by atoms with Crippen molar-refractivity contribution in [3.8, 4) is 0 Å². The SMILES string of the molecule is Cl.Fc1c(Cl)ccc(Cl)c1[C@H](c1ccco1)N1CCNCC1. The minimum Gasteiger partial charge on any atom is -0.467 e. The lowest BCUT2D eigenvalue weighted by atomic mass is 10.0. The first-order valence-corrected chi connectivity index (χ1v) is 7.55. The minimum absolute atomic E-state index is 0. The Kier molecular flexibility index (Phi) is 6.12. The van der Waals surface area contributed by atoms with E-state index in [-0.39, 0.29) is 23.5 Å². The van der Waals surface area contributed by atoms with Crippen LogP contribution in [0.2, 0.25) is 10.0 Å². The van der Waals surface area contributed by atoms with Crippen molar-refractivity contribution in [1.82, 2.24) is 10.2 Å². The lowest BCUT2D eigenvalue weighted by Crippen LogP contribution is -2.45. The van der Waals surface area contributed by atoms with Crippen molar-refractivity contribution in [2.24, 2.45) is 0 Å². The van der Waals surface area contributed by atoms with Crippen molar-refractivity contribution in [3.63, 3.8) is 0 Å². The molecule has 0 bridgehead atoms. The lowest BCUT2D eigenvalue weighted by Gasteiger charge is -2.34. The van der Waals surface area contributed by atoms with Crippen LogP contribution in [0.15, 0.2) is 34.9 Å². The molecular formula is C15H16Cl3FN2O. The van der Waals surface area contributed by atoms with Gasteiger partial charge in [0.2, 0.25) is 0 Å². The number of hydrogen-bond donors (Lipinski definition) is 1. The van der Waals surface area contributed by atoms with Crippen LogP contribution in [-0.4, -0.2) is 31.1 Å². The summed E-state index contributed by atoms with van der Waals surface area (Å²) in [6, 6.07) is 6.36. The Hall–Kier alpha value is -0.780. The molecule has 1 atom stereocenters. The maximum absolute atomic E-state index is 14.6. The van der Waals surface area contributed by atoms with E-state index in [1.165, 1.54) is 6.07 Å². The monoisotopic (exact) mass is 364 g/mol. The second-order valence-electron chi connectivity index (χ2n) is 4.96. The number of halogens is 4. The van der Waals surface area contributed by atoms with Gasteiger partial charge < -0.3 is 9.73 Å². The molecule has 0 saturated carbocycles. The quantitative estimate of drug-likeness (QED) is 0.829. The van der Waals surface area contributed by atoms with Crippen LogP contribution in [0.1, 0.15) is 17.4 Å². The highest BCUT2D eigenvalue weighted by Gasteiger charge is 2.31. The fourth-order valence-corrected chi connectivity index (χ4v) is 3.10. The molecule has 2 heterocycles. The average Bonchev–Trinajstić information content (AvgIpc) is 3.02. The molecule has 0 unspecified atom stereocenters. The molecule has 0 amide bonds. The number of nitrogens with one attached hydrogen (secondary N) is 1. The van der Waals surface area contributed by atoms with Crippen LogP contribution >= 0.6 is 35.6 Å². The Bertz CT molecular complexity index is 616. The van der Waals surface area contributed by atoms with Gasteiger partial charge in [-0.3, -0.25) is 4.90 Å². The van der Waals surface area contributed by atoms with E-state index in [1.807, 2.05) is 6.07 Å². The fourth-order valence-electron chi connectivity index (χ4n) is 2.69. The van der Waals surface area contributed by atoms with E-state index in [0.717, 1.165) is 26.2 Å². The van der Waals surface area contributed by atoms with E-state index in [2.05, 4.69) is 10.2 Å². The Balaban J connectivity index is 0.00000176. The van der Waals surface area contributed by atoms with Gasteiger partial charge >= 0.3 is 0 Å². The van der Waals surface area contributed by atoms with Gasteiger partial charge in [0.1, 0.15) is 11.6 Å². The van der Waals surface area contributed by atoms with Gasteiger partial charge in [-0.25, -0.2) is 4.39 Å². The molecule has 0 aliphatic carbocycles. The first-order chi connectivity index (χ1) is 10.2. The predicted molar refractivity (Wildman–Crippen MR) is 88.7 cm³/mol. The molecule has 1 aromatic heterocycles. The van der Waals surface area contributed by atoms with Crippen molar-refractivity contribution in [2.45, 2.75) is 6.04 Å². The Labute approximate surface area is 144 Å². The summed E-state index contributed by atoms with van der Waals surface area (Å²) in [4.78, 5) is 2.15. The highest BCUT2D eigenvalue weighted by atomic mass is 35.5. The van der Waals surface area contributed by atoms with E-state index >= 15 is 0 Å². The molecule has 1 N–H and O–H groups in total.